The van der Waals surface area contributed by atoms with Crippen LogP contribution in [-0.2, 0) is 32.5 Å². The molecule has 6 nitrogen and oxygen atoms in total. The number of halogens is 7. The van der Waals surface area contributed by atoms with Crippen LogP contribution in [0.2, 0.25) is 0 Å². The fraction of sp³-hybridized carbons (Fsp3) is 0.462. The summed E-state index contributed by atoms with van der Waals surface area (Å²) in [6.07, 6.45) is -7.90. The maximum absolute atomic E-state index is 12.9. The predicted molar refractivity (Wildman–Crippen MR) is 97.8 cm³/mol. The van der Waals surface area contributed by atoms with E-state index in [1.165, 1.54) is 20.3 Å². The molecule has 0 bridgehead atoms. The maximum Gasteiger partial charge on any atom is 0.435 e. The molecule has 0 aromatic carbocycles. The highest BCUT2D eigenvalue weighted by molar-refractivity contribution is 14.0. The average Bonchev–Trinajstić information content (AvgIpc) is 3.13. The van der Waals surface area contributed by atoms with Crippen LogP contribution in [0.15, 0.2) is 16.6 Å². The van der Waals surface area contributed by atoms with Gasteiger partial charge < -0.3 is 10.6 Å². The van der Waals surface area contributed by atoms with E-state index in [2.05, 4.69) is 25.7 Å². The van der Waals surface area contributed by atoms with Gasteiger partial charge in [-0.3, -0.25) is 9.67 Å². The molecule has 2 heterocycles. The highest BCUT2D eigenvalue weighted by Gasteiger charge is 2.37. The van der Waals surface area contributed by atoms with Gasteiger partial charge in [0.05, 0.1) is 6.54 Å². The van der Waals surface area contributed by atoms with Crippen molar-refractivity contribution in [2.45, 2.75) is 25.4 Å². The second-order valence-electron chi connectivity index (χ2n) is 5.08. The summed E-state index contributed by atoms with van der Waals surface area (Å²) in [6.45, 7) is -0.270. The molecule has 0 aliphatic carbocycles. The van der Waals surface area contributed by atoms with Crippen molar-refractivity contribution in [3.8, 4) is 0 Å². The van der Waals surface area contributed by atoms with Crippen molar-refractivity contribution in [1.29, 1.82) is 0 Å². The van der Waals surface area contributed by atoms with E-state index in [-0.39, 0.29) is 53.6 Å². The van der Waals surface area contributed by atoms with Crippen LogP contribution >= 0.6 is 35.3 Å². The number of alkyl halides is 6. The van der Waals surface area contributed by atoms with Gasteiger partial charge in [-0.25, -0.2) is 4.98 Å². The summed E-state index contributed by atoms with van der Waals surface area (Å²) in [5.74, 6) is 0.116. The average molecular weight is 528 g/mol. The van der Waals surface area contributed by atoms with Crippen LogP contribution < -0.4 is 10.6 Å². The highest BCUT2D eigenvalue weighted by Crippen LogP contribution is 2.31. The monoisotopic (exact) mass is 528 g/mol. The zero-order chi connectivity index (χ0) is 19.5. The third-order valence-electron chi connectivity index (χ3n) is 3.09. The molecule has 0 radical (unpaired) electrons. The predicted octanol–water partition coefficient (Wildman–Crippen LogP) is 3.40. The first-order valence-electron chi connectivity index (χ1n) is 7.06. The van der Waals surface area contributed by atoms with Gasteiger partial charge in [-0.15, -0.1) is 35.3 Å². The first-order valence-corrected chi connectivity index (χ1v) is 7.94. The molecule has 0 fully saturated rings. The van der Waals surface area contributed by atoms with Gasteiger partial charge in [-0.2, -0.15) is 31.4 Å². The van der Waals surface area contributed by atoms with E-state index >= 15 is 0 Å². The summed E-state index contributed by atoms with van der Waals surface area (Å²) in [5, 5.41) is 9.79. The molecule has 152 valence electrons. The minimum atomic E-state index is -4.59. The van der Waals surface area contributed by atoms with Crippen molar-refractivity contribution in [3.63, 3.8) is 0 Å². The Morgan fingerprint density at radius 3 is 2.30 bits per heavy atom. The van der Waals surface area contributed by atoms with Crippen molar-refractivity contribution in [2.75, 3.05) is 7.05 Å². The first-order chi connectivity index (χ1) is 12.0. The van der Waals surface area contributed by atoms with E-state index < -0.39 is 23.7 Å². The van der Waals surface area contributed by atoms with Crippen LogP contribution in [-0.4, -0.2) is 27.8 Å². The lowest BCUT2D eigenvalue weighted by atomic mass is 10.2. The molecule has 0 spiro atoms. The topological polar surface area (TPSA) is 67.1 Å². The summed E-state index contributed by atoms with van der Waals surface area (Å²) in [5.41, 5.74) is -2.10. The normalized spacial score (nSPS) is 12.7. The number of rotatable bonds is 4. The number of aryl methyl sites for hydroxylation is 1. The van der Waals surface area contributed by atoms with Gasteiger partial charge >= 0.3 is 12.4 Å². The van der Waals surface area contributed by atoms with Gasteiger partial charge in [0.25, 0.3) is 0 Å². The molecule has 0 saturated carbocycles. The Hall–Kier alpha value is -1.58. The Kier molecular flexibility index (Phi) is 7.88. The lowest BCUT2D eigenvalue weighted by Gasteiger charge is -2.11. The van der Waals surface area contributed by atoms with Gasteiger partial charge in [0.1, 0.15) is 5.01 Å². The lowest BCUT2D eigenvalue weighted by molar-refractivity contribution is -0.142. The van der Waals surface area contributed by atoms with Crippen molar-refractivity contribution in [3.05, 3.63) is 33.5 Å². The molecule has 0 atom stereocenters. The molecular formula is C13H15F6IN6S. The van der Waals surface area contributed by atoms with Crippen LogP contribution in [0.1, 0.15) is 22.0 Å². The van der Waals surface area contributed by atoms with Crippen molar-refractivity contribution >= 4 is 41.3 Å². The third kappa shape index (κ3) is 6.51. The molecule has 2 N–H and O–H groups in total. The summed E-state index contributed by atoms with van der Waals surface area (Å²) in [7, 11) is 2.75. The Morgan fingerprint density at radius 2 is 1.78 bits per heavy atom. The second-order valence-corrected chi connectivity index (χ2v) is 6.02. The highest BCUT2D eigenvalue weighted by atomic mass is 127. The number of aliphatic imine (C=N–C) groups is 1. The van der Waals surface area contributed by atoms with E-state index in [0.29, 0.717) is 0 Å². The molecule has 14 heteroatoms. The summed E-state index contributed by atoms with van der Waals surface area (Å²) in [4.78, 5) is 7.25. The Labute approximate surface area is 171 Å². The zero-order valence-electron chi connectivity index (χ0n) is 13.9. The van der Waals surface area contributed by atoms with E-state index in [9.17, 15) is 26.3 Å². The zero-order valence-corrected chi connectivity index (χ0v) is 17.1. The van der Waals surface area contributed by atoms with E-state index in [1.54, 1.807) is 0 Å². The van der Waals surface area contributed by atoms with Gasteiger partial charge in [-0.1, -0.05) is 0 Å². The van der Waals surface area contributed by atoms with Crippen LogP contribution in [0.4, 0.5) is 26.3 Å². The molecule has 0 unspecified atom stereocenters. The van der Waals surface area contributed by atoms with Gasteiger partial charge in [0.15, 0.2) is 17.3 Å². The van der Waals surface area contributed by atoms with Crippen LogP contribution in [0.25, 0.3) is 0 Å². The van der Waals surface area contributed by atoms with Crippen LogP contribution in [0.3, 0.4) is 0 Å². The smallest absolute Gasteiger partial charge is 0.352 e. The van der Waals surface area contributed by atoms with E-state index in [4.69, 9.17) is 0 Å². The summed E-state index contributed by atoms with van der Waals surface area (Å²) >= 11 is 0.814. The second kappa shape index (κ2) is 9.07. The summed E-state index contributed by atoms with van der Waals surface area (Å²) in [6, 6.07) is 0. The fourth-order valence-corrected chi connectivity index (χ4v) is 2.73. The first kappa shape index (κ1) is 23.5. The standard InChI is InChI=1S/C13H14F6N6S.HI/c1-20-11(22-4-9-23-8(6-26-9)12(14,15)16)21-3-7-5-25(2)24-10(7)13(17,18)19;/h5-6H,3-4H2,1-2H3,(H2,20,21,22);1H. The van der Waals surface area contributed by atoms with Crippen LogP contribution in [0.5, 0.6) is 0 Å². The minimum absolute atomic E-state index is 0. The number of guanidine groups is 1. The van der Waals surface area contributed by atoms with E-state index in [1.807, 2.05) is 0 Å². The van der Waals surface area contributed by atoms with Crippen molar-refractivity contribution in [2.24, 2.45) is 12.0 Å². The largest absolute Gasteiger partial charge is 0.435 e. The number of thiazole rings is 1. The third-order valence-corrected chi connectivity index (χ3v) is 3.94. The number of hydrogen-bond donors (Lipinski definition) is 2. The molecule has 0 aliphatic rings. The molecule has 2 aromatic heterocycles. The Morgan fingerprint density at radius 1 is 1.15 bits per heavy atom. The molecule has 0 saturated heterocycles. The number of aromatic nitrogens is 3. The van der Waals surface area contributed by atoms with Gasteiger partial charge in [0.2, 0.25) is 0 Å². The molecule has 0 amide bonds. The quantitative estimate of drug-likeness (QED) is 0.277. The molecule has 0 aliphatic heterocycles. The van der Waals surface area contributed by atoms with Crippen molar-refractivity contribution < 1.29 is 26.3 Å². The Balaban J connectivity index is 0.00000364. The van der Waals surface area contributed by atoms with Gasteiger partial charge in [-0.05, 0) is 0 Å². The van der Waals surface area contributed by atoms with Crippen LogP contribution in [0, 0.1) is 0 Å². The Bertz CT molecular complexity index is 781. The van der Waals surface area contributed by atoms with E-state index in [0.717, 1.165) is 21.4 Å². The number of nitrogens with zero attached hydrogens (tertiary/aromatic N) is 4. The summed E-state index contributed by atoms with van der Waals surface area (Å²) < 4.78 is 77.2. The van der Waals surface area contributed by atoms with Crippen molar-refractivity contribution in [1.82, 2.24) is 25.4 Å². The molecule has 2 aromatic rings. The molecule has 27 heavy (non-hydrogen) atoms. The fourth-order valence-electron chi connectivity index (χ4n) is 1.99. The lowest BCUT2D eigenvalue weighted by Crippen LogP contribution is -2.36. The SMILES string of the molecule is CN=C(NCc1nc(C(F)(F)F)cs1)NCc1cn(C)nc1C(F)(F)F.I. The number of nitrogens with one attached hydrogen (secondary N) is 2. The molecular weight excluding hydrogens is 513 g/mol. The van der Waals surface area contributed by atoms with Gasteiger partial charge in [0, 0.05) is 37.8 Å². The maximum atomic E-state index is 12.9. The number of hydrogen-bond acceptors (Lipinski definition) is 4. The molecule has 2 rings (SSSR count). The minimum Gasteiger partial charge on any atom is -0.352 e.